The fourth-order valence-corrected chi connectivity index (χ4v) is 7.82. The van der Waals surface area contributed by atoms with Crippen LogP contribution in [0.2, 0.25) is 0 Å². The average molecular weight is 674 g/mol. The largest absolute Gasteiger partial charge is 0.346 e. The second-order valence-corrected chi connectivity index (χ2v) is 14.7. The van der Waals surface area contributed by atoms with Gasteiger partial charge in [0.2, 0.25) is 0 Å². The summed E-state index contributed by atoms with van der Waals surface area (Å²) in [6.45, 7) is 7.34. The normalized spacial score (nSPS) is 11.2. The molecule has 0 aliphatic carbocycles. The maximum Gasteiger partial charge on any atom is 0.108 e. The van der Waals surface area contributed by atoms with Crippen LogP contribution in [0.1, 0.15) is 142 Å². The van der Waals surface area contributed by atoms with Crippen LogP contribution in [0.25, 0.3) is 0 Å². The Morgan fingerprint density at radius 3 is 0.760 bits per heavy atom. The molecule has 0 amide bonds. The van der Waals surface area contributed by atoms with Crippen molar-refractivity contribution in [3.63, 3.8) is 0 Å². The summed E-state index contributed by atoms with van der Waals surface area (Å²) in [5.74, 6) is 0. The molecule has 0 radical (unpaired) electrons. The highest BCUT2D eigenvalue weighted by atomic mass is 14.8. The Hall–Kier alpha value is -3.10. The smallest absolute Gasteiger partial charge is 0.108 e. The molecular formula is C48H72BN. The molecule has 0 heterocycles. The van der Waals surface area contributed by atoms with Crippen LogP contribution in [-0.4, -0.2) is 19.2 Å². The van der Waals surface area contributed by atoms with Gasteiger partial charge >= 0.3 is 0 Å². The highest BCUT2D eigenvalue weighted by molar-refractivity contribution is 7.19. The summed E-state index contributed by atoms with van der Waals surface area (Å²) in [6, 6.07) is 43.5. The van der Waals surface area contributed by atoms with Gasteiger partial charge in [0.15, 0.2) is 0 Å². The van der Waals surface area contributed by atoms with Crippen molar-refractivity contribution in [2.45, 2.75) is 142 Å². The van der Waals surface area contributed by atoms with Crippen molar-refractivity contribution in [1.29, 1.82) is 0 Å². The maximum absolute atomic E-state index is 2.56. The second kappa shape index (κ2) is 27.6. The van der Waals surface area contributed by atoms with Crippen molar-refractivity contribution in [3.8, 4) is 0 Å². The summed E-state index contributed by atoms with van der Waals surface area (Å²) in [5, 5.41) is 2.56. The third-order valence-corrected chi connectivity index (χ3v) is 10.7. The van der Waals surface area contributed by atoms with Crippen molar-refractivity contribution in [3.05, 3.63) is 121 Å². The summed E-state index contributed by atoms with van der Waals surface area (Å²) in [5.41, 5.74) is 5.36. The van der Waals surface area contributed by atoms with Crippen molar-refractivity contribution in [2.24, 2.45) is 0 Å². The summed E-state index contributed by atoms with van der Waals surface area (Å²) in [7, 11) is 0. The van der Waals surface area contributed by atoms with Crippen molar-refractivity contribution >= 4 is 28.0 Å². The average Bonchev–Trinajstić information content (AvgIpc) is 3.18. The van der Waals surface area contributed by atoms with E-state index < -0.39 is 6.15 Å². The molecule has 2 heteroatoms. The van der Waals surface area contributed by atoms with Gasteiger partial charge in [-0.15, -0.1) is 0 Å². The lowest BCUT2D eigenvalue weighted by molar-refractivity contribution is -0.655. The molecule has 4 rings (SSSR count). The molecule has 0 unspecified atom stereocenters. The fraction of sp³-hybridized carbons (Fsp3) is 0.500. The minimum atomic E-state index is -1.22. The van der Waals surface area contributed by atoms with Crippen LogP contribution >= 0.6 is 0 Å². The van der Waals surface area contributed by atoms with E-state index in [4.69, 9.17) is 0 Å². The first-order chi connectivity index (χ1) is 24.8. The molecule has 4 aromatic carbocycles. The van der Waals surface area contributed by atoms with E-state index in [0.717, 1.165) is 0 Å². The van der Waals surface area contributed by atoms with Crippen molar-refractivity contribution < 1.29 is 5.32 Å². The topological polar surface area (TPSA) is 16.6 Å². The minimum Gasteiger partial charge on any atom is -0.346 e. The first-order valence-electron chi connectivity index (χ1n) is 21.0. The van der Waals surface area contributed by atoms with E-state index in [2.05, 4.69) is 140 Å². The first-order valence-corrected chi connectivity index (χ1v) is 21.0. The van der Waals surface area contributed by atoms with E-state index in [0.29, 0.717) is 0 Å². The number of nitrogens with two attached hydrogens (primary N) is 1. The zero-order chi connectivity index (χ0) is 35.2. The number of hydrogen-bond acceptors (Lipinski definition) is 0. The lowest BCUT2D eigenvalue weighted by atomic mass is 9.13. The van der Waals surface area contributed by atoms with Gasteiger partial charge in [0.25, 0.3) is 0 Å². The van der Waals surface area contributed by atoms with E-state index in [-0.39, 0.29) is 0 Å². The van der Waals surface area contributed by atoms with Crippen LogP contribution in [0.3, 0.4) is 0 Å². The van der Waals surface area contributed by atoms with Gasteiger partial charge in [0, 0.05) is 0 Å². The van der Waals surface area contributed by atoms with Crippen molar-refractivity contribution in [1.82, 2.24) is 0 Å². The van der Waals surface area contributed by atoms with Crippen molar-refractivity contribution in [2.75, 3.05) is 13.1 Å². The number of hydrogen-bond donors (Lipinski definition) is 1. The van der Waals surface area contributed by atoms with Crippen LogP contribution in [0.15, 0.2) is 121 Å². The van der Waals surface area contributed by atoms with Gasteiger partial charge in [-0.25, -0.2) is 0 Å². The zero-order valence-corrected chi connectivity index (χ0v) is 32.3. The maximum atomic E-state index is 2.56. The molecular weight excluding hydrogens is 601 g/mol. The second-order valence-electron chi connectivity index (χ2n) is 14.7. The van der Waals surface area contributed by atoms with Gasteiger partial charge in [-0.05, 0) is 25.7 Å². The van der Waals surface area contributed by atoms with Gasteiger partial charge in [0.1, 0.15) is 6.15 Å². The number of unbranched alkanes of at least 4 members (excludes halogenated alkanes) is 18. The molecule has 0 saturated heterocycles. The van der Waals surface area contributed by atoms with Gasteiger partial charge in [-0.3, -0.25) is 0 Å². The molecule has 0 fully saturated rings. The van der Waals surface area contributed by atoms with Crippen LogP contribution in [0, 0.1) is 0 Å². The van der Waals surface area contributed by atoms with Gasteiger partial charge in [0.05, 0.1) is 13.1 Å². The Bertz CT molecular complexity index is 1110. The predicted octanol–water partition coefficient (Wildman–Crippen LogP) is 10.5. The third-order valence-electron chi connectivity index (χ3n) is 10.7. The molecule has 272 valence electrons. The van der Waals surface area contributed by atoms with Gasteiger partial charge in [-0.1, -0.05) is 238 Å². The molecule has 0 bridgehead atoms. The first kappa shape index (κ1) is 41.3. The molecule has 0 spiro atoms. The number of rotatable bonds is 26. The molecule has 0 aliphatic heterocycles. The lowest BCUT2D eigenvalue weighted by Gasteiger charge is -2.44. The molecule has 0 aromatic heterocycles. The SMILES string of the molecule is CCCCCCCCCCCC[NH2+]CCCCCCCCCCCC.c1ccc([B-](c2ccccc2)(c2ccccc2)c2ccccc2)cc1. The standard InChI is InChI=1S/C24H20B.C24H51N/c1-5-13-21(14-6-1)25(22-15-7-2-8-16-22,23-17-9-3-10-18-23)24-19-11-4-12-20-24;1-3-5-7-9-11-13-15-17-19-21-23-25-24-22-20-18-16-14-12-10-8-6-4-2/h1-20H;25H,3-24H2,1-2H3/q-1;/p+1. The lowest BCUT2D eigenvalue weighted by Crippen LogP contribution is -2.84. The molecule has 0 atom stereocenters. The highest BCUT2D eigenvalue weighted by Gasteiger charge is 2.31. The third kappa shape index (κ3) is 15.4. The van der Waals surface area contributed by atoms with E-state index in [1.54, 1.807) is 0 Å². The number of benzene rings is 4. The summed E-state index contributed by atoms with van der Waals surface area (Å²) >= 11 is 0. The molecule has 1 nitrogen and oxygen atoms in total. The van der Waals surface area contributed by atoms with Crippen LogP contribution in [-0.2, 0) is 0 Å². The molecule has 0 saturated carbocycles. The quantitative estimate of drug-likeness (QED) is 0.0505. The Morgan fingerprint density at radius 2 is 0.520 bits per heavy atom. The molecule has 0 aliphatic rings. The van der Waals surface area contributed by atoms with E-state index in [1.807, 2.05) is 0 Å². The Balaban J connectivity index is 0.000000270. The van der Waals surface area contributed by atoms with Crippen LogP contribution < -0.4 is 27.2 Å². The van der Waals surface area contributed by atoms with Gasteiger partial charge < -0.3 is 5.32 Å². The summed E-state index contributed by atoms with van der Waals surface area (Å²) in [6.07, 6.45) is 27.9. The Kier molecular flexibility index (Phi) is 22.8. The minimum absolute atomic E-state index is 1.22. The predicted molar refractivity (Wildman–Crippen MR) is 225 cm³/mol. The van der Waals surface area contributed by atoms with Gasteiger partial charge in [-0.2, -0.15) is 21.9 Å². The zero-order valence-electron chi connectivity index (χ0n) is 32.3. The highest BCUT2D eigenvalue weighted by Crippen LogP contribution is 2.12. The number of quaternary nitrogens is 1. The van der Waals surface area contributed by atoms with E-state index >= 15 is 0 Å². The summed E-state index contributed by atoms with van der Waals surface area (Å²) in [4.78, 5) is 0. The molecule has 50 heavy (non-hydrogen) atoms. The van der Waals surface area contributed by atoms with E-state index in [9.17, 15) is 0 Å². The fourth-order valence-electron chi connectivity index (χ4n) is 7.82. The van der Waals surface area contributed by atoms with Crippen LogP contribution in [0.5, 0.6) is 0 Å². The monoisotopic (exact) mass is 674 g/mol. The Labute approximate surface area is 309 Å². The summed E-state index contributed by atoms with van der Waals surface area (Å²) < 4.78 is 0. The molecule has 4 aromatic rings. The van der Waals surface area contributed by atoms with Crippen LogP contribution in [0.4, 0.5) is 0 Å². The Morgan fingerprint density at radius 1 is 0.300 bits per heavy atom. The van der Waals surface area contributed by atoms with E-state index in [1.165, 1.54) is 163 Å². The molecule has 2 N–H and O–H groups in total.